The van der Waals surface area contributed by atoms with E-state index in [9.17, 15) is 4.79 Å². The Balaban J connectivity index is 2.08. The Bertz CT molecular complexity index is 544. The molecule has 0 radical (unpaired) electrons. The SMILES string of the molecule is Cc1ccc(CN(C)C(=O)c2cn[nH]c2N)cc1. The van der Waals surface area contributed by atoms with E-state index in [1.807, 2.05) is 31.2 Å². The fourth-order valence-corrected chi connectivity index (χ4v) is 1.71. The second-order valence-electron chi connectivity index (χ2n) is 4.34. The van der Waals surface area contributed by atoms with Crippen LogP contribution in [0.4, 0.5) is 5.82 Å². The Labute approximate surface area is 106 Å². The molecule has 0 spiro atoms. The molecular formula is C13H16N4O. The van der Waals surface area contributed by atoms with Gasteiger partial charge in [0.1, 0.15) is 11.4 Å². The van der Waals surface area contributed by atoms with Crippen LogP contribution in [0.5, 0.6) is 0 Å². The zero-order chi connectivity index (χ0) is 13.1. The second kappa shape index (κ2) is 4.91. The summed E-state index contributed by atoms with van der Waals surface area (Å²) in [6, 6.07) is 8.08. The number of nitrogens with zero attached hydrogens (tertiary/aromatic N) is 2. The van der Waals surface area contributed by atoms with Gasteiger partial charge in [-0.25, -0.2) is 0 Å². The van der Waals surface area contributed by atoms with Gasteiger partial charge < -0.3 is 10.6 Å². The van der Waals surface area contributed by atoms with Crippen LogP contribution in [0.2, 0.25) is 0 Å². The first-order valence-corrected chi connectivity index (χ1v) is 5.68. The lowest BCUT2D eigenvalue weighted by Gasteiger charge is -2.16. The Hall–Kier alpha value is -2.30. The summed E-state index contributed by atoms with van der Waals surface area (Å²) < 4.78 is 0. The third-order valence-corrected chi connectivity index (χ3v) is 2.79. The molecule has 0 fully saturated rings. The highest BCUT2D eigenvalue weighted by atomic mass is 16.2. The molecule has 1 aromatic carbocycles. The van der Waals surface area contributed by atoms with Crippen molar-refractivity contribution in [1.29, 1.82) is 0 Å². The molecule has 94 valence electrons. The number of nitrogens with two attached hydrogens (primary N) is 1. The molecule has 1 amide bonds. The number of H-pyrrole nitrogens is 1. The monoisotopic (exact) mass is 244 g/mol. The number of aromatic nitrogens is 2. The van der Waals surface area contributed by atoms with Crippen LogP contribution in [-0.4, -0.2) is 28.1 Å². The Kier molecular flexibility index (Phi) is 3.32. The number of carbonyl (C=O) groups is 1. The fourth-order valence-electron chi connectivity index (χ4n) is 1.71. The van der Waals surface area contributed by atoms with Crippen molar-refractivity contribution in [2.75, 3.05) is 12.8 Å². The van der Waals surface area contributed by atoms with Gasteiger partial charge in [-0.3, -0.25) is 9.89 Å². The number of hydrogen-bond acceptors (Lipinski definition) is 3. The van der Waals surface area contributed by atoms with Crippen molar-refractivity contribution in [3.8, 4) is 0 Å². The molecule has 0 aliphatic rings. The van der Waals surface area contributed by atoms with Gasteiger partial charge in [0.15, 0.2) is 0 Å². The summed E-state index contributed by atoms with van der Waals surface area (Å²) in [7, 11) is 1.74. The normalized spacial score (nSPS) is 10.3. The van der Waals surface area contributed by atoms with Gasteiger partial charge in [0.25, 0.3) is 5.91 Å². The van der Waals surface area contributed by atoms with Crippen LogP contribution in [0.25, 0.3) is 0 Å². The maximum atomic E-state index is 12.1. The van der Waals surface area contributed by atoms with Crippen molar-refractivity contribution < 1.29 is 4.79 Å². The fraction of sp³-hybridized carbons (Fsp3) is 0.231. The first-order chi connectivity index (χ1) is 8.58. The average molecular weight is 244 g/mol. The van der Waals surface area contributed by atoms with Gasteiger partial charge in [0, 0.05) is 13.6 Å². The average Bonchev–Trinajstić information content (AvgIpc) is 2.77. The molecule has 0 saturated carbocycles. The van der Waals surface area contributed by atoms with E-state index in [2.05, 4.69) is 10.2 Å². The van der Waals surface area contributed by atoms with Crippen molar-refractivity contribution >= 4 is 11.7 Å². The van der Waals surface area contributed by atoms with Gasteiger partial charge in [0.05, 0.1) is 6.20 Å². The lowest BCUT2D eigenvalue weighted by molar-refractivity contribution is 0.0786. The number of carbonyl (C=O) groups excluding carboxylic acids is 1. The molecule has 2 aromatic rings. The minimum absolute atomic E-state index is 0.137. The van der Waals surface area contributed by atoms with Gasteiger partial charge in [0.2, 0.25) is 0 Å². The molecule has 0 aliphatic heterocycles. The molecule has 0 aliphatic carbocycles. The lowest BCUT2D eigenvalue weighted by atomic mass is 10.1. The van der Waals surface area contributed by atoms with Crippen LogP contribution in [-0.2, 0) is 6.54 Å². The predicted octanol–water partition coefficient (Wildman–Crippen LogP) is 1.57. The number of benzene rings is 1. The highest BCUT2D eigenvalue weighted by molar-refractivity contribution is 5.97. The van der Waals surface area contributed by atoms with E-state index in [4.69, 9.17) is 5.73 Å². The predicted molar refractivity (Wildman–Crippen MR) is 70.0 cm³/mol. The van der Waals surface area contributed by atoms with Crippen molar-refractivity contribution in [1.82, 2.24) is 15.1 Å². The molecule has 18 heavy (non-hydrogen) atoms. The zero-order valence-corrected chi connectivity index (χ0v) is 10.5. The van der Waals surface area contributed by atoms with Crippen LogP contribution in [0.1, 0.15) is 21.5 Å². The van der Waals surface area contributed by atoms with E-state index < -0.39 is 0 Å². The number of nitrogens with one attached hydrogen (secondary N) is 1. The van der Waals surface area contributed by atoms with Crippen LogP contribution in [0.3, 0.4) is 0 Å². The van der Waals surface area contributed by atoms with Crippen LogP contribution in [0, 0.1) is 6.92 Å². The molecule has 2 rings (SSSR count). The summed E-state index contributed by atoms with van der Waals surface area (Å²) >= 11 is 0. The summed E-state index contributed by atoms with van der Waals surface area (Å²) in [6.45, 7) is 2.58. The molecular weight excluding hydrogens is 228 g/mol. The Morgan fingerprint density at radius 2 is 2.06 bits per heavy atom. The number of hydrogen-bond donors (Lipinski definition) is 2. The minimum Gasteiger partial charge on any atom is -0.383 e. The Morgan fingerprint density at radius 3 is 2.61 bits per heavy atom. The van der Waals surface area contributed by atoms with Crippen LogP contribution in [0.15, 0.2) is 30.5 Å². The van der Waals surface area contributed by atoms with Crippen molar-refractivity contribution in [3.63, 3.8) is 0 Å². The van der Waals surface area contributed by atoms with Gasteiger partial charge in [-0.1, -0.05) is 29.8 Å². The lowest BCUT2D eigenvalue weighted by Crippen LogP contribution is -2.26. The highest BCUT2D eigenvalue weighted by Crippen LogP contribution is 2.12. The van der Waals surface area contributed by atoms with E-state index in [0.717, 1.165) is 5.56 Å². The van der Waals surface area contributed by atoms with E-state index in [0.29, 0.717) is 17.9 Å². The van der Waals surface area contributed by atoms with E-state index >= 15 is 0 Å². The molecule has 0 atom stereocenters. The number of aryl methyl sites for hydroxylation is 1. The molecule has 5 nitrogen and oxygen atoms in total. The first-order valence-electron chi connectivity index (χ1n) is 5.68. The molecule has 1 heterocycles. The minimum atomic E-state index is -0.137. The van der Waals surface area contributed by atoms with Gasteiger partial charge in [-0.2, -0.15) is 5.10 Å². The number of amides is 1. The highest BCUT2D eigenvalue weighted by Gasteiger charge is 2.16. The van der Waals surface area contributed by atoms with Gasteiger partial charge in [-0.05, 0) is 12.5 Å². The van der Waals surface area contributed by atoms with E-state index in [1.165, 1.54) is 11.8 Å². The Morgan fingerprint density at radius 1 is 1.39 bits per heavy atom. The van der Waals surface area contributed by atoms with Gasteiger partial charge >= 0.3 is 0 Å². The largest absolute Gasteiger partial charge is 0.383 e. The zero-order valence-electron chi connectivity index (χ0n) is 10.5. The first kappa shape index (κ1) is 12.2. The maximum Gasteiger partial charge on any atom is 0.259 e. The molecule has 0 saturated heterocycles. The van der Waals surface area contributed by atoms with Gasteiger partial charge in [-0.15, -0.1) is 0 Å². The molecule has 5 heteroatoms. The van der Waals surface area contributed by atoms with Crippen LogP contribution < -0.4 is 5.73 Å². The number of aromatic amines is 1. The summed E-state index contributed by atoms with van der Waals surface area (Å²) in [5, 5.41) is 6.30. The standard InChI is InChI=1S/C13H16N4O/c1-9-3-5-10(6-4-9)8-17(2)13(18)11-7-15-16-12(11)14/h3-7H,8H2,1-2H3,(H3,14,15,16). The van der Waals surface area contributed by atoms with Crippen LogP contribution >= 0.6 is 0 Å². The van der Waals surface area contributed by atoms with Crippen molar-refractivity contribution in [2.45, 2.75) is 13.5 Å². The molecule has 1 aromatic heterocycles. The summed E-state index contributed by atoms with van der Waals surface area (Å²) in [5.41, 5.74) is 8.32. The topological polar surface area (TPSA) is 75.0 Å². The van der Waals surface area contributed by atoms with E-state index in [-0.39, 0.29) is 5.91 Å². The smallest absolute Gasteiger partial charge is 0.259 e. The third kappa shape index (κ3) is 2.51. The second-order valence-corrected chi connectivity index (χ2v) is 4.34. The number of rotatable bonds is 3. The van der Waals surface area contributed by atoms with Crippen molar-refractivity contribution in [3.05, 3.63) is 47.2 Å². The van der Waals surface area contributed by atoms with Crippen molar-refractivity contribution in [2.24, 2.45) is 0 Å². The molecule has 0 bridgehead atoms. The summed E-state index contributed by atoms with van der Waals surface area (Å²) in [4.78, 5) is 13.7. The number of anilines is 1. The quantitative estimate of drug-likeness (QED) is 0.860. The molecule has 0 unspecified atom stereocenters. The molecule has 3 N–H and O–H groups in total. The number of nitrogen functional groups attached to an aromatic ring is 1. The van der Waals surface area contributed by atoms with E-state index in [1.54, 1.807) is 11.9 Å². The summed E-state index contributed by atoms with van der Waals surface area (Å²) in [6.07, 6.45) is 1.45. The third-order valence-electron chi connectivity index (χ3n) is 2.79. The summed E-state index contributed by atoms with van der Waals surface area (Å²) in [5.74, 6) is 0.164. The maximum absolute atomic E-state index is 12.1.